The highest BCUT2D eigenvalue weighted by Gasteiger charge is 2.20. The average molecular weight is 300 g/mol. The smallest absolute Gasteiger partial charge is 0.303 e. The van der Waals surface area contributed by atoms with E-state index in [2.05, 4.69) is 4.90 Å². The van der Waals surface area contributed by atoms with Crippen LogP contribution >= 0.6 is 11.6 Å². The van der Waals surface area contributed by atoms with Gasteiger partial charge in [-0.15, -0.1) is 0 Å². The zero-order chi connectivity index (χ0) is 14.5. The minimum absolute atomic E-state index is 0.209. The highest BCUT2D eigenvalue weighted by Crippen LogP contribution is 2.26. The summed E-state index contributed by atoms with van der Waals surface area (Å²) in [4.78, 5) is 12.8. The topological polar surface area (TPSA) is 40.5 Å². The van der Waals surface area contributed by atoms with E-state index < -0.39 is 5.97 Å². The van der Waals surface area contributed by atoms with E-state index in [1.165, 1.54) is 6.07 Å². The van der Waals surface area contributed by atoms with Crippen molar-refractivity contribution >= 4 is 17.6 Å². The lowest BCUT2D eigenvalue weighted by atomic mass is 9.92. The van der Waals surface area contributed by atoms with Gasteiger partial charge < -0.3 is 5.11 Å². The van der Waals surface area contributed by atoms with Crippen molar-refractivity contribution in [3.8, 4) is 0 Å². The van der Waals surface area contributed by atoms with Crippen LogP contribution in [0.5, 0.6) is 0 Å². The van der Waals surface area contributed by atoms with Gasteiger partial charge in [0.05, 0.1) is 5.02 Å². The summed E-state index contributed by atoms with van der Waals surface area (Å²) in [5.41, 5.74) is 0.815. The van der Waals surface area contributed by atoms with Crippen molar-refractivity contribution in [2.75, 3.05) is 13.1 Å². The molecule has 1 N–H and O–H groups in total. The van der Waals surface area contributed by atoms with Crippen LogP contribution < -0.4 is 0 Å². The lowest BCUT2D eigenvalue weighted by Gasteiger charge is -2.32. The molecule has 1 heterocycles. The maximum Gasteiger partial charge on any atom is 0.303 e. The second kappa shape index (κ2) is 7.04. The molecule has 0 radical (unpaired) electrons. The van der Waals surface area contributed by atoms with Crippen LogP contribution in [0.1, 0.15) is 31.2 Å². The van der Waals surface area contributed by atoms with Gasteiger partial charge in [-0.2, -0.15) is 0 Å². The van der Waals surface area contributed by atoms with Gasteiger partial charge >= 0.3 is 5.97 Å². The second-order valence-electron chi connectivity index (χ2n) is 5.36. The van der Waals surface area contributed by atoms with Crippen molar-refractivity contribution in [1.82, 2.24) is 4.90 Å². The van der Waals surface area contributed by atoms with Gasteiger partial charge in [-0.1, -0.05) is 23.7 Å². The molecule has 1 aliphatic rings. The maximum atomic E-state index is 13.4. The monoisotopic (exact) mass is 299 g/mol. The molecular weight excluding hydrogens is 281 g/mol. The van der Waals surface area contributed by atoms with Crippen LogP contribution in [0.25, 0.3) is 0 Å². The molecule has 0 spiro atoms. The van der Waals surface area contributed by atoms with Crippen LogP contribution in [-0.4, -0.2) is 29.1 Å². The van der Waals surface area contributed by atoms with Gasteiger partial charge in [0, 0.05) is 13.0 Å². The Morgan fingerprint density at radius 2 is 2.10 bits per heavy atom. The highest BCUT2D eigenvalue weighted by molar-refractivity contribution is 6.31. The number of hydrogen-bond acceptors (Lipinski definition) is 2. The van der Waals surface area contributed by atoms with Crippen molar-refractivity contribution in [3.05, 3.63) is 34.6 Å². The molecule has 1 aromatic rings. The molecule has 5 heteroatoms. The normalized spacial score (nSPS) is 17.3. The van der Waals surface area contributed by atoms with E-state index in [4.69, 9.17) is 16.7 Å². The second-order valence-corrected chi connectivity index (χ2v) is 5.74. The molecule has 0 aliphatic carbocycles. The van der Waals surface area contributed by atoms with Crippen molar-refractivity contribution in [3.63, 3.8) is 0 Å². The zero-order valence-corrected chi connectivity index (χ0v) is 12.1. The van der Waals surface area contributed by atoms with Gasteiger partial charge in [0.1, 0.15) is 5.82 Å². The van der Waals surface area contributed by atoms with Crippen molar-refractivity contribution < 1.29 is 14.3 Å². The molecule has 1 aromatic carbocycles. The average Bonchev–Trinajstić information content (AvgIpc) is 2.43. The molecule has 1 aliphatic heterocycles. The minimum atomic E-state index is -0.723. The van der Waals surface area contributed by atoms with Gasteiger partial charge in [-0.3, -0.25) is 9.69 Å². The number of carboxylic acid groups (broad SMARTS) is 1. The number of piperidine rings is 1. The third-order valence-electron chi connectivity index (χ3n) is 3.90. The van der Waals surface area contributed by atoms with E-state index in [0.29, 0.717) is 12.5 Å². The fourth-order valence-corrected chi connectivity index (χ4v) is 2.86. The fourth-order valence-electron chi connectivity index (χ4n) is 2.67. The van der Waals surface area contributed by atoms with Gasteiger partial charge in [0.15, 0.2) is 0 Å². The summed E-state index contributed by atoms with van der Waals surface area (Å²) in [5.74, 6) is -0.607. The first-order valence-corrected chi connectivity index (χ1v) is 7.31. The predicted octanol–water partition coefficient (Wildman–Crippen LogP) is 3.56. The predicted molar refractivity (Wildman–Crippen MR) is 76.3 cm³/mol. The van der Waals surface area contributed by atoms with Gasteiger partial charge in [0.25, 0.3) is 0 Å². The highest BCUT2D eigenvalue weighted by atomic mass is 35.5. The molecule has 2 rings (SSSR count). The Bertz CT molecular complexity index is 473. The van der Waals surface area contributed by atoms with E-state index in [1.807, 2.05) is 6.07 Å². The number of aliphatic carboxylic acids is 1. The Morgan fingerprint density at radius 3 is 2.75 bits per heavy atom. The van der Waals surface area contributed by atoms with E-state index in [-0.39, 0.29) is 17.3 Å². The van der Waals surface area contributed by atoms with Crippen LogP contribution in [0.4, 0.5) is 4.39 Å². The molecule has 0 unspecified atom stereocenters. The molecule has 3 nitrogen and oxygen atoms in total. The van der Waals surface area contributed by atoms with E-state index >= 15 is 0 Å². The Morgan fingerprint density at radius 1 is 1.40 bits per heavy atom. The largest absolute Gasteiger partial charge is 0.481 e. The number of benzene rings is 1. The summed E-state index contributed by atoms with van der Waals surface area (Å²) in [7, 11) is 0. The molecule has 0 bridgehead atoms. The lowest BCUT2D eigenvalue weighted by molar-refractivity contribution is -0.137. The SMILES string of the molecule is O=C(O)CCC1CCN(Cc2cccc(F)c2Cl)CC1. The molecule has 110 valence electrons. The number of nitrogens with zero attached hydrogens (tertiary/aromatic N) is 1. The Labute approximate surface area is 123 Å². The molecule has 0 amide bonds. The van der Waals surface area contributed by atoms with Crippen LogP contribution in [0, 0.1) is 11.7 Å². The Kier molecular flexibility index (Phi) is 5.38. The van der Waals surface area contributed by atoms with E-state index in [0.717, 1.165) is 37.9 Å². The molecule has 1 saturated heterocycles. The van der Waals surface area contributed by atoms with E-state index in [9.17, 15) is 9.18 Å². The number of halogens is 2. The molecular formula is C15H19ClFNO2. The first kappa shape index (κ1) is 15.3. The van der Waals surface area contributed by atoms with Crippen LogP contribution in [0.15, 0.2) is 18.2 Å². The van der Waals surface area contributed by atoms with E-state index in [1.54, 1.807) is 6.07 Å². The summed E-state index contributed by atoms with van der Waals surface area (Å²) < 4.78 is 13.4. The van der Waals surface area contributed by atoms with Gasteiger partial charge in [-0.25, -0.2) is 4.39 Å². The van der Waals surface area contributed by atoms with Gasteiger partial charge in [0.2, 0.25) is 0 Å². The molecule has 1 fully saturated rings. The van der Waals surface area contributed by atoms with Crippen molar-refractivity contribution in [1.29, 1.82) is 0 Å². The number of likely N-dealkylation sites (tertiary alicyclic amines) is 1. The standard InChI is InChI=1S/C15H19ClFNO2/c16-15-12(2-1-3-13(15)17)10-18-8-6-11(7-9-18)4-5-14(19)20/h1-3,11H,4-10H2,(H,19,20). The molecule has 0 saturated carbocycles. The molecule has 0 atom stereocenters. The summed E-state index contributed by atoms with van der Waals surface area (Å²) in [6.45, 7) is 2.48. The Hall–Kier alpha value is -1.13. The zero-order valence-electron chi connectivity index (χ0n) is 11.3. The van der Waals surface area contributed by atoms with Crippen molar-refractivity contribution in [2.45, 2.75) is 32.2 Å². The van der Waals surface area contributed by atoms with Crippen LogP contribution in [0.3, 0.4) is 0 Å². The Balaban J connectivity index is 1.82. The summed E-state index contributed by atoms with van der Waals surface area (Å²) in [6, 6.07) is 4.89. The van der Waals surface area contributed by atoms with Gasteiger partial charge in [-0.05, 0) is 49.9 Å². The first-order chi connectivity index (χ1) is 9.56. The third kappa shape index (κ3) is 4.18. The number of carboxylic acids is 1. The molecule has 20 heavy (non-hydrogen) atoms. The summed E-state index contributed by atoms with van der Waals surface area (Å²) >= 11 is 5.96. The molecule has 0 aromatic heterocycles. The minimum Gasteiger partial charge on any atom is -0.481 e. The number of carbonyl (C=O) groups is 1. The summed E-state index contributed by atoms with van der Waals surface area (Å²) in [6.07, 6.45) is 3.00. The summed E-state index contributed by atoms with van der Waals surface area (Å²) in [5, 5.41) is 8.90. The first-order valence-electron chi connectivity index (χ1n) is 6.93. The maximum absolute atomic E-state index is 13.4. The fraction of sp³-hybridized carbons (Fsp3) is 0.533. The third-order valence-corrected chi connectivity index (χ3v) is 4.32. The quantitative estimate of drug-likeness (QED) is 0.904. The van der Waals surface area contributed by atoms with Crippen LogP contribution in [0.2, 0.25) is 5.02 Å². The van der Waals surface area contributed by atoms with Crippen molar-refractivity contribution in [2.24, 2.45) is 5.92 Å². The number of hydrogen-bond donors (Lipinski definition) is 1. The number of rotatable bonds is 5. The van der Waals surface area contributed by atoms with Crippen LogP contribution in [-0.2, 0) is 11.3 Å². The lowest BCUT2D eigenvalue weighted by Crippen LogP contribution is -2.33.